The molecule has 0 heterocycles. The van der Waals surface area contributed by atoms with E-state index < -0.39 is 5.97 Å². The van der Waals surface area contributed by atoms with Crippen molar-refractivity contribution in [2.75, 3.05) is 18.0 Å². The lowest BCUT2D eigenvalue weighted by atomic mass is 10.1. The van der Waals surface area contributed by atoms with E-state index in [-0.39, 0.29) is 12.5 Å². The highest BCUT2D eigenvalue weighted by molar-refractivity contribution is 7.99. The van der Waals surface area contributed by atoms with Crippen molar-refractivity contribution in [3.8, 4) is 0 Å². The smallest absolute Gasteiger partial charge is 0.321 e. The molecule has 0 bridgehead atoms. The predicted octanol–water partition coefficient (Wildman–Crippen LogP) is 7.58. The minimum absolute atomic E-state index is 0.0283. The number of carboxylic acids is 1. The maximum Gasteiger partial charge on any atom is 0.321 e. The van der Waals surface area contributed by atoms with E-state index in [1.54, 1.807) is 11.8 Å². The molecule has 0 saturated heterocycles. The summed E-state index contributed by atoms with van der Waals surface area (Å²) in [5.41, 5.74) is 2.95. The molecule has 0 spiro atoms. The van der Waals surface area contributed by atoms with E-state index in [4.69, 9.17) is 5.11 Å². The normalized spacial score (nSPS) is 10.7. The number of benzene rings is 3. The molecule has 0 radical (unpaired) electrons. The van der Waals surface area contributed by atoms with Gasteiger partial charge < -0.3 is 10.4 Å². The van der Waals surface area contributed by atoms with Gasteiger partial charge in [-0.25, -0.2) is 4.79 Å². The van der Waals surface area contributed by atoms with Crippen molar-refractivity contribution in [2.45, 2.75) is 68.1 Å². The first-order chi connectivity index (χ1) is 18.0. The molecule has 0 aliphatic rings. The highest BCUT2D eigenvalue weighted by Crippen LogP contribution is 2.30. The zero-order valence-corrected chi connectivity index (χ0v) is 22.5. The van der Waals surface area contributed by atoms with Gasteiger partial charge in [-0.15, -0.1) is 0 Å². The zero-order chi connectivity index (χ0) is 26.3. The van der Waals surface area contributed by atoms with Gasteiger partial charge in [0.2, 0.25) is 0 Å². The van der Waals surface area contributed by atoms with Gasteiger partial charge in [-0.05, 0) is 66.8 Å². The minimum Gasteiger partial charge on any atom is -0.481 e. The fraction of sp³-hybridized carbons (Fsp3) is 0.355. The highest BCUT2D eigenvalue weighted by atomic mass is 32.2. The fourth-order valence-corrected chi connectivity index (χ4v) is 4.95. The predicted molar refractivity (Wildman–Crippen MR) is 153 cm³/mol. The molecule has 2 amide bonds. The Morgan fingerprint density at radius 1 is 0.784 bits per heavy atom. The van der Waals surface area contributed by atoms with E-state index in [0.717, 1.165) is 46.7 Å². The number of amides is 2. The maximum absolute atomic E-state index is 13.1. The molecule has 0 aliphatic carbocycles. The average molecular weight is 519 g/mol. The van der Waals surface area contributed by atoms with Crippen LogP contribution in [0.1, 0.15) is 56.6 Å². The molecule has 0 atom stereocenters. The second-order valence-electron chi connectivity index (χ2n) is 9.20. The van der Waals surface area contributed by atoms with Crippen molar-refractivity contribution >= 4 is 29.4 Å². The Hall–Kier alpha value is -3.25. The topological polar surface area (TPSA) is 69.6 Å². The van der Waals surface area contributed by atoms with Crippen LogP contribution >= 0.6 is 11.8 Å². The van der Waals surface area contributed by atoms with Gasteiger partial charge in [0.25, 0.3) is 0 Å². The van der Waals surface area contributed by atoms with Crippen LogP contribution in [0.5, 0.6) is 0 Å². The van der Waals surface area contributed by atoms with E-state index in [2.05, 4.69) is 36.5 Å². The van der Waals surface area contributed by atoms with Crippen molar-refractivity contribution in [1.82, 2.24) is 5.32 Å². The molecule has 3 rings (SSSR count). The summed E-state index contributed by atoms with van der Waals surface area (Å²) in [6.07, 6.45) is 7.66. The first kappa shape index (κ1) is 28.3. The molecule has 0 unspecified atom stereocenters. The Bertz CT molecular complexity index is 1090. The molecule has 0 saturated carbocycles. The first-order valence-electron chi connectivity index (χ1n) is 13.2. The summed E-state index contributed by atoms with van der Waals surface area (Å²) in [6, 6.07) is 26.0. The number of carboxylic acid groups (broad SMARTS) is 1. The average Bonchev–Trinajstić information content (AvgIpc) is 2.90. The second-order valence-corrected chi connectivity index (χ2v) is 10.3. The third kappa shape index (κ3) is 10.3. The molecule has 0 aromatic heterocycles. The lowest BCUT2D eigenvalue weighted by Gasteiger charge is -2.24. The van der Waals surface area contributed by atoms with Gasteiger partial charge in [0.05, 0.1) is 6.42 Å². The number of rotatable bonds is 15. The third-order valence-corrected chi connectivity index (χ3v) is 7.17. The fourth-order valence-electron chi connectivity index (χ4n) is 4.13. The Labute approximate surface area is 225 Å². The van der Waals surface area contributed by atoms with Crippen molar-refractivity contribution in [1.29, 1.82) is 0 Å². The van der Waals surface area contributed by atoms with Crippen molar-refractivity contribution in [3.05, 3.63) is 90.0 Å². The van der Waals surface area contributed by atoms with Gasteiger partial charge in [-0.1, -0.05) is 86.8 Å². The van der Waals surface area contributed by atoms with E-state index in [9.17, 15) is 9.59 Å². The van der Waals surface area contributed by atoms with Gasteiger partial charge in [0, 0.05) is 28.6 Å². The van der Waals surface area contributed by atoms with E-state index >= 15 is 0 Å². The summed E-state index contributed by atoms with van der Waals surface area (Å²) in [5, 5.41) is 12.1. The molecule has 0 fully saturated rings. The number of aliphatic carboxylic acids is 1. The quantitative estimate of drug-likeness (QED) is 0.203. The number of nitrogens with zero attached hydrogens (tertiary/aromatic N) is 1. The van der Waals surface area contributed by atoms with Gasteiger partial charge in [-0.2, -0.15) is 0 Å². The van der Waals surface area contributed by atoms with Crippen LogP contribution in [0.25, 0.3) is 0 Å². The van der Waals surface area contributed by atoms with E-state index in [1.165, 1.54) is 24.8 Å². The number of carbonyl (C=O) groups excluding carboxylic acids is 1. The first-order valence-corrected chi connectivity index (χ1v) is 14.0. The summed E-state index contributed by atoms with van der Waals surface area (Å²) < 4.78 is 0. The van der Waals surface area contributed by atoms with Crippen LogP contribution in [0.3, 0.4) is 0 Å². The number of aryl methyl sites for hydroxylation is 1. The molecule has 5 nitrogen and oxygen atoms in total. The Balaban J connectivity index is 1.61. The van der Waals surface area contributed by atoms with Crippen LogP contribution in [0.2, 0.25) is 0 Å². The second kappa shape index (κ2) is 15.8. The molecule has 3 aromatic rings. The standard InChI is InChI=1S/C31H38N2O3S/c1-2-3-4-5-9-22-32-31(36)33(23-10-13-25-11-7-6-8-12-25)27-16-20-29(21-17-27)37-28-18-14-26(15-19-28)24-30(34)35/h6-8,11-12,14-21H,2-5,9-10,13,22-24H2,1H3,(H,32,36)(H,34,35). The number of unbranched alkanes of at least 4 members (excludes halogenated alkanes) is 4. The Kier molecular flexibility index (Phi) is 12.1. The molecule has 2 N–H and O–H groups in total. The summed E-state index contributed by atoms with van der Waals surface area (Å²) >= 11 is 1.62. The summed E-state index contributed by atoms with van der Waals surface area (Å²) in [4.78, 5) is 28.0. The lowest BCUT2D eigenvalue weighted by Crippen LogP contribution is -2.41. The van der Waals surface area contributed by atoms with E-state index in [0.29, 0.717) is 13.1 Å². The number of urea groups is 1. The number of hydrogen-bond acceptors (Lipinski definition) is 3. The van der Waals surface area contributed by atoms with Crippen LogP contribution in [0.15, 0.2) is 88.7 Å². The molecule has 196 valence electrons. The van der Waals surface area contributed by atoms with Gasteiger partial charge in [-0.3, -0.25) is 9.69 Å². The minimum atomic E-state index is -0.829. The van der Waals surface area contributed by atoms with Crippen LogP contribution < -0.4 is 10.2 Å². The summed E-state index contributed by atoms with van der Waals surface area (Å²) in [7, 11) is 0. The van der Waals surface area contributed by atoms with Crippen LogP contribution in [0.4, 0.5) is 10.5 Å². The third-order valence-electron chi connectivity index (χ3n) is 6.15. The van der Waals surface area contributed by atoms with Crippen LogP contribution in [0, 0.1) is 0 Å². The summed E-state index contributed by atoms with van der Waals surface area (Å²) in [5.74, 6) is -0.829. The monoisotopic (exact) mass is 518 g/mol. The molecule has 3 aromatic carbocycles. The zero-order valence-electron chi connectivity index (χ0n) is 21.7. The van der Waals surface area contributed by atoms with Crippen molar-refractivity contribution in [2.24, 2.45) is 0 Å². The largest absolute Gasteiger partial charge is 0.481 e. The van der Waals surface area contributed by atoms with E-state index in [1.807, 2.05) is 59.5 Å². The van der Waals surface area contributed by atoms with Crippen molar-refractivity contribution < 1.29 is 14.7 Å². The van der Waals surface area contributed by atoms with Crippen molar-refractivity contribution in [3.63, 3.8) is 0 Å². The van der Waals surface area contributed by atoms with Gasteiger partial charge >= 0.3 is 12.0 Å². The molecule has 6 heteroatoms. The highest BCUT2D eigenvalue weighted by Gasteiger charge is 2.15. The number of anilines is 1. The molecular weight excluding hydrogens is 480 g/mol. The number of hydrogen-bond donors (Lipinski definition) is 2. The number of carbonyl (C=O) groups is 2. The summed E-state index contributed by atoms with van der Waals surface area (Å²) in [6.45, 7) is 3.55. The van der Waals surface area contributed by atoms with Gasteiger partial charge in [0.1, 0.15) is 0 Å². The molecule has 37 heavy (non-hydrogen) atoms. The molecular formula is C31H38N2O3S. The van der Waals surface area contributed by atoms with Crippen LogP contribution in [-0.4, -0.2) is 30.2 Å². The SMILES string of the molecule is CCCCCCCNC(=O)N(CCCc1ccccc1)c1ccc(Sc2ccc(CC(=O)O)cc2)cc1. The number of nitrogens with one attached hydrogen (secondary N) is 1. The van der Waals surface area contributed by atoms with Gasteiger partial charge in [0.15, 0.2) is 0 Å². The Morgan fingerprint density at radius 2 is 1.43 bits per heavy atom. The maximum atomic E-state index is 13.1. The molecule has 0 aliphatic heterocycles. The lowest BCUT2D eigenvalue weighted by molar-refractivity contribution is -0.136. The Morgan fingerprint density at radius 3 is 2.08 bits per heavy atom. The van der Waals surface area contributed by atoms with Crippen LogP contribution in [-0.2, 0) is 17.6 Å².